The van der Waals surface area contributed by atoms with Crippen molar-refractivity contribution < 1.29 is 14.3 Å². The van der Waals surface area contributed by atoms with Gasteiger partial charge in [-0.3, -0.25) is 19.2 Å². The van der Waals surface area contributed by atoms with E-state index in [-0.39, 0.29) is 5.91 Å². The van der Waals surface area contributed by atoms with E-state index in [1.165, 1.54) is 11.1 Å². The molecule has 0 saturated carbocycles. The average molecular weight is 553 g/mol. The highest BCUT2D eigenvalue weighted by molar-refractivity contribution is 5.92. The van der Waals surface area contributed by atoms with Gasteiger partial charge >= 0.3 is 0 Å². The topological polar surface area (TPSA) is 84.8 Å². The molecule has 2 aliphatic rings. The Morgan fingerprint density at radius 2 is 1.68 bits per heavy atom. The van der Waals surface area contributed by atoms with Gasteiger partial charge in [0.15, 0.2) is 11.5 Å². The van der Waals surface area contributed by atoms with Gasteiger partial charge in [0.1, 0.15) is 18.3 Å². The molecule has 2 aliphatic heterocycles. The maximum Gasteiger partial charge on any atom is 0.238 e. The molecule has 0 atom stereocenters. The van der Waals surface area contributed by atoms with Gasteiger partial charge in [0.05, 0.1) is 19.3 Å². The van der Waals surface area contributed by atoms with E-state index in [9.17, 15) is 4.79 Å². The number of ether oxygens (including phenoxy) is 2. The Morgan fingerprint density at radius 3 is 2.49 bits per heavy atom. The summed E-state index contributed by atoms with van der Waals surface area (Å²) in [6.45, 7) is 7.20. The van der Waals surface area contributed by atoms with Crippen molar-refractivity contribution in [2.24, 2.45) is 0 Å². The first-order chi connectivity index (χ1) is 20.1. The molecule has 41 heavy (non-hydrogen) atoms. The second-order valence-electron chi connectivity index (χ2n) is 10.7. The molecular formula is C32H36N6O3. The summed E-state index contributed by atoms with van der Waals surface area (Å²) in [6, 6.07) is 22.4. The number of piperazine rings is 1. The lowest BCUT2D eigenvalue weighted by Gasteiger charge is -2.34. The lowest BCUT2D eigenvalue weighted by molar-refractivity contribution is -0.117. The number of aryl methyl sites for hydroxylation is 3. The molecule has 0 bridgehead atoms. The summed E-state index contributed by atoms with van der Waals surface area (Å²) in [5.41, 5.74) is 5.46. The van der Waals surface area contributed by atoms with E-state index in [0.717, 1.165) is 85.7 Å². The Bertz CT molecular complexity index is 1510. The summed E-state index contributed by atoms with van der Waals surface area (Å²) in [5.74, 6) is 3.39. The second-order valence-corrected chi connectivity index (χ2v) is 10.7. The minimum Gasteiger partial charge on any atom is -0.493 e. The standard InChI is InChI=1S/C32H36N6O3/c1-23-34-35-31-13-9-26-19-27(10-11-28(26)38(23)31)33-32(39)21-37-16-14-36(15-17-37)20-25-8-12-29(30(18-25)40-2)41-22-24-6-4-3-5-7-24/h3-8,10-12,18-19H,9,13-17,20-22H2,1-2H3,(H,33,39). The highest BCUT2D eigenvalue weighted by atomic mass is 16.5. The number of fused-ring (bicyclic) bond motifs is 3. The Morgan fingerprint density at radius 1 is 0.878 bits per heavy atom. The number of methoxy groups -OCH3 is 1. The van der Waals surface area contributed by atoms with Crippen LogP contribution in [0.15, 0.2) is 66.7 Å². The van der Waals surface area contributed by atoms with E-state index in [1.54, 1.807) is 7.11 Å². The van der Waals surface area contributed by atoms with Crippen molar-refractivity contribution in [3.63, 3.8) is 0 Å². The van der Waals surface area contributed by atoms with Crippen LogP contribution in [0.3, 0.4) is 0 Å². The third kappa shape index (κ3) is 6.26. The molecule has 0 radical (unpaired) electrons. The summed E-state index contributed by atoms with van der Waals surface area (Å²) >= 11 is 0. The zero-order valence-corrected chi connectivity index (χ0v) is 23.7. The van der Waals surface area contributed by atoms with Crippen molar-refractivity contribution in [3.8, 4) is 17.2 Å². The van der Waals surface area contributed by atoms with E-state index in [4.69, 9.17) is 9.47 Å². The van der Waals surface area contributed by atoms with Gasteiger partial charge in [-0.25, -0.2) is 0 Å². The van der Waals surface area contributed by atoms with E-state index in [0.29, 0.717) is 13.2 Å². The number of carbonyl (C=O) groups excluding carboxylic acids is 1. The summed E-state index contributed by atoms with van der Waals surface area (Å²) in [4.78, 5) is 17.5. The first-order valence-corrected chi connectivity index (χ1v) is 14.2. The van der Waals surface area contributed by atoms with E-state index >= 15 is 0 Å². The maximum absolute atomic E-state index is 12.9. The van der Waals surface area contributed by atoms with Crippen LogP contribution in [0.5, 0.6) is 11.5 Å². The smallest absolute Gasteiger partial charge is 0.238 e. The number of amides is 1. The number of rotatable bonds is 9. The molecule has 0 aliphatic carbocycles. The fourth-order valence-corrected chi connectivity index (χ4v) is 5.64. The van der Waals surface area contributed by atoms with E-state index in [1.807, 2.05) is 49.4 Å². The zero-order valence-electron chi connectivity index (χ0n) is 23.7. The van der Waals surface area contributed by atoms with Crippen LogP contribution in [0, 0.1) is 6.92 Å². The molecule has 1 amide bonds. The molecular weight excluding hydrogens is 516 g/mol. The Labute approximate surface area is 240 Å². The van der Waals surface area contributed by atoms with Crippen molar-refractivity contribution in [3.05, 3.63) is 95.1 Å². The Kier molecular flexibility index (Phi) is 7.98. The highest BCUT2D eigenvalue weighted by Gasteiger charge is 2.22. The minimum atomic E-state index is 0.0196. The van der Waals surface area contributed by atoms with Crippen LogP contribution in [0.1, 0.15) is 28.3 Å². The van der Waals surface area contributed by atoms with Crippen molar-refractivity contribution in [1.29, 1.82) is 0 Å². The molecule has 4 aromatic rings. The third-order valence-corrected chi connectivity index (χ3v) is 7.82. The molecule has 3 aromatic carbocycles. The van der Waals surface area contributed by atoms with Gasteiger partial charge in [0.25, 0.3) is 0 Å². The molecule has 0 unspecified atom stereocenters. The van der Waals surface area contributed by atoms with Crippen LogP contribution in [-0.2, 0) is 30.8 Å². The van der Waals surface area contributed by atoms with Crippen LogP contribution in [0.25, 0.3) is 5.69 Å². The quantitative estimate of drug-likeness (QED) is 0.336. The van der Waals surface area contributed by atoms with Gasteiger partial charge in [-0.1, -0.05) is 36.4 Å². The van der Waals surface area contributed by atoms with Crippen molar-refractivity contribution in [1.82, 2.24) is 24.6 Å². The normalized spacial score (nSPS) is 15.2. The molecule has 1 N–H and O–H groups in total. The first kappa shape index (κ1) is 27.0. The molecule has 3 heterocycles. The van der Waals surface area contributed by atoms with Gasteiger partial charge in [-0.05, 0) is 60.4 Å². The summed E-state index contributed by atoms with van der Waals surface area (Å²) < 4.78 is 13.7. The zero-order chi connectivity index (χ0) is 28.2. The van der Waals surface area contributed by atoms with E-state index < -0.39 is 0 Å². The molecule has 1 aromatic heterocycles. The summed E-state index contributed by atoms with van der Waals surface area (Å²) in [5, 5.41) is 11.6. The number of nitrogens with zero attached hydrogens (tertiary/aromatic N) is 5. The van der Waals surface area contributed by atoms with Crippen molar-refractivity contribution in [2.75, 3.05) is 45.2 Å². The van der Waals surface area contributed by atoms with Crippen molar-refractivity contribution >= 4 is 11.6 Å². The second kappa shape index (κ2) is 12.1. The van der Waals surface area contributed by atoms with Gasteiger partial charge in [0.2, 0.25) is 5.91 Å². The van der Waals surface area contributed by atoms with Crippen LogP contribution < -0.4 is 14.8 Å². The molecule has 9 nitrogen and oxygen atoms in total. The van der Waals surface area contributed by atoms with Gasteiger partial charge < -0.3 is 14.8 Å². The number of benzene rings is 3. The molecule has 1 fully saturated rings. The number of nitrogens with one attached hydrogen (secondary N) is 1. The van der Waals surface area contributed by atoms with Crippen LogP contribution in [0.2, 0.25) is 0 Å². The highest BCUT2D eigenvalue weighted by Crippen LogP contribution is 2.30. The largest absolute Gasteiger partial charge is 0.493 e. The van der Waals surface area contributed by atoms with Crippen LogP contribution in [-0.4, -0.2) is 70.3 Å². The predicted octanol–water partition coefficient (Wildman–Crippen LogP) is 4.02. The molecule has 9 heteroatoms. The van der Waals surface area contributed by atoms with Crippen molar-refractivity contribution in [2.45, 2.75) is 32.9 Å². The summed E-state index contributed by atoms with van der Waals surface area (Å²) in [6.07, 6.45) is 1.75. The average Bonchev–Trinajstić information content (AvgIpc) is 3.38. The minimum absolute atomic E-state index is 0.0196. The first-order valence-electron chi connectivity index (χ1n) is 14.2. The number of anilines is 1. The lowest BCUT2D eigenvalue weighted by Crippen LogP contribution is -2.48. The Balaban J connectivity index is 0.978. The monoisotopic (exact) mass is 552 g/mol. The van der Waals surface area contributed by atoms with Gasteiger partial charge in [-0.15, -0.1) is 10.2 Å². The van der Waals surface area contributed by atoms with E-state index in [2.05, 4.69) is 54.1 Å². The number of hydrogen-bond acceptors (Lipinski definition) is 7. The fourth-order valence-electron chi connectivity index (χ4n) is 5.64. The summed E-state index contributed by atoms with van der Waals surface area (Å²) in [7, 11) is 1.68. The van der Waals surface area contributed by atoms with Gasteiger partial charge in [0, 0.05) is 44.8 Å². The van der Waals surface area contributed by atoms with Gasteiger partial charge in [-0.2, -0.15) is 0 Å². The molecule has 1 saturated heterocycles. The molecule has 6 rings (SSSR count). The fraction of sp³-hybridized carbons (Fsp3) is 0.344. The van der Waals surface area contributed by atoms with Crippen LogP contribution in [0.4, 0.5) is 5.69 Å². The lowest BCUT2D eigenvalue weighted by atomic mass is 10.0. The Hall–Kier alpha value is -4.21. The molecule has 0 spiro atoms. The SMILES string of the molecule is COc1cc(CN2CCN(CC(=O)Nc3ccc4c(c3)CCc3nnc(C)n3-4)CC2)ccc1OCc1ccccc1. The molecule has 212 valence electrons. The predicted molar refractivity (Wildman–Crippen MR) is 158 cm³/mol. The number of aromatic nitrogens is 3. The third-order valence-electron chi connectivity index (χ3n) is 7.82. The number of hydrogen-bond donors (Lipinski definition) is 1. The number of carbonyl (C=O) groups is 1. The van der Waals surface area contributed by atoms with Crippen LogP contribution >= 0.6 is 0 Å². The maximum atomic E-state index is 12.9.